The second-order valence-electron chi connectivity index (χ2n) is 4.20. The first-order valence-electron chi connectivity index (χ1n) is 5.75. The molecule has 2 rings (SSSR count). The molecule has 0 bridgehead atoms. The lowest BCUT2D eigenvalue weighted by atomic mass is 10.2. The average molecular weight is 331 g/mol. The van der Waals surface area contributed by atoms with E-state index in [1.54, 1.807) is 0 Å². The van der Waals surface area contributed by atoms with E-state index < -0.39 is 45.0 Å². The van der Waals surface area contributed by atoms with Crippen LogP contribution >= 0.6 is 0 Å². The molecule has 0 aromatic heterocycles. The van der Waals surface area contributed by atoms with Gasteiger partial charge in [-0.05, 0) is 0 Å². The lowest BCUT2D eigenvalue weighted by Crippen LogP contribution is -2.48. The second kappa shape index (κ2) is 5.73. The maximum absolute atomic E-state index is 13.4. The van der Waals surface area contributed by atoms with Gasteiger partial charge in [0.2, 0.25) is 5.82 Å². The van der Waals surface area contributed by atoms with Gasteiger partial charge in [-0.15, -0.1) is 0 Å². The highest BCUT2D eigenvalue weighted by atomic mass is 32.2. The topological polar surface area (TPSA) is 61.4 Å². The quantitative estimate of drug-likeness (QED) is 0.492. The lowest BCUT2D eigenvalue weighted by Gasteiger charge is -2.27. The van der Waals surface area contributed by atoms with Crippen molar-refractivity contribution in [2.75, 3.05) is 30.9 Å². The molecule has 0 atom stereocenters. The lowest BCUT2D eigenvalue weighted by molar-refractivity contribution is 0.361. The van der Waals surface area contributed by atoms with Crippen molar-refractivity contribution in [1.82, 2.24) is 9.62 Å². The van der Waals surface area contributed by atoms with Crippen molar-refractivity contribution >= 4 is 15.9 Å². The molecule has 0 unspecified atom stereocenters. The highest BCUT2D eigenvalue weighted by Gasteiger charge is 2.31. The summed E-state index contributed by atoms with van der Waals surface area (Å²) in [5.41, 5.74) is -1.59. The van der Waals surface area contributed by atoms with E-state index in [0.29, 0.717) is 13.1 Å². The van der Waals surface area contributed by atoms with Crippen LogP contribution in [0.25, 0.3) is 0 Å². The SMILES string of the molecule is O=S(=O)(Nc1c(F)c(F)c(F)c(F)c1F)N1CCNCC1. The molecule has 1 saturated heterocycles. The molecule has 11 heteroatoms. The van der Waals surface area contributed by atoms with Gasteiger partial charge >= 0.3 is 10.2 Å². The third-order valence-corrected chi connectivity index (χ3v) is 4.36. The fourth-order valence-corrected chi connectivity index (χ4v) is 3.00. The van der Waals surface area contributed by atoms with Gasteiger partial charge in [-0.3, -0.25) is 4.72 Å². The molecule has 118 valence electrons. The summed E-state index contributed by atoms with van der Waals surface area (Å²) >= 11 is 0. The fourth-order valence-electron chi connectivity index (χ4n) is 1.77. The molecule has 2 N–H and O–H groups in total. The van der Waals surface area contributed by atoms with E-state index in [0.717, 1.165) is 4.31 Å². The predicted octanol–water partition coefficient (Wildman–Crippen LogP) is 0.944. The van der Waals surface area contributed by atoms with Crippen molar-refractivity contribution in [1.29, 1.82) is 0 Å². The zero-order valence-corrected chi connectivity index (χ0v) is 11.2. The molecule has 1 aliphatic rings. The Kier molecular flexibility index (Phi) is 4.35. The van der Waals surface area contributed by atoms with Gasteiger partial charge in [0, 0.05) is 26.2 Å². The van der Waals surface area contributed by atoms with Crippen LogP contribution in [0.4, 0.5) is 27.6 Å². The average Bonchev–Trinajstić information content (AvgIpc) is 2.48. The van der Waals surface area contributed by atoms with E-state index >= 15 is 0 Å². The first kappa shape index (κ1) is 15.9. The van der Waals surface area contributed by atoms with E-state index in [2.05, 4.69) is 5.32 Å². The van der Waals surface area contributed by atoms with Crippen molar-refractivity contribution in [2.45, 2.75) is 0 Å². The van der Waals surface area contributed by atoms with Crippen LogP contribution in [0.3, 0.4) is 0 Å². The largest absolute Gasteiger partial charge is 0.314 e. The van der Waals surface area contributed by atoms with Crippen LogP contribution in [0.5, 0.6) is 0 Å². The number of benzene rings is 1. The third kappa shape index (κ3) is 2.94. The van der Waals surface area contributed by atoms with Crippen molar-refractivity contribution in [2.24, 2.45) is 0 Å². The molecular formula is C10H10F5N3O2S. The van der Waals surface area contributed by atoms with Gasteiger partial charge in [-0.2, -0.15) is 12.7 Å². The minimum Gasteiger partial charge on any atom is -0.314 e. The summed E-state index contributed by atoms with van der Waals surface area (Å²) in [7, 11) is -4.42. The van der Waals surface area contributed by atoms with E-state index in [4.69, 9.17) is 0 Å². The monoisotopic (exact) mass is 331 g/mol. The summed E-state index contributed by atoms with van der Waals surface area (Å²) in [6.45, 7) is 0.617. The number of hydrogen-bond acceptors (Lipinski definition) is 3. The number of halogens is 5. The summed E-state index contributed by atoms with van der Waals surface area (Å²) in [6.07, 6.45) is 0. The van der Waals surface area contributed by atoms with Gasteiger partial charge in [0.25, 0.3) is 0 Å². The third-order valence-electron chi connectivity index (χ3n) is 2.86. The predicted molar refractivity (Wildman–Crippen MR) is 63.2 cm³/mol. The highest BCUT2D eigenvalue weighted by molar-refractivity contribution is 7.90. The molecule has 1 heterocycles. The van der Waals surface area contributed by atoms with Crippen LogP contribution in [-0.2, 0) is 10.2 Å². The van der Waals surface area contributed by atoms with Crippen LogP contribution < -0.4 is 10.0 Å². The Morgan fingerprint density at radius 2 is 1.29 bits per heavy atom. The number of nitrogens with zero attached hydrogens (tertiary/aromatic N) is 1. The standard InChI is InChI=1S/C10H10F5N3O2S/c11-5-6(12)8(14)10(9(15)7(5)13)17-21(19,20)18-3-1-16-2-4-18/h16-17H,1-4H2. The molecule has 0 amide bonds. The van der Waals surface area contributed by atoms with Gasteiger partial charge in [0.15, 0.2) is 23.3 Å². The molecule has 1 aromatic carbocycles. The molecule has 0 radical (unpaired) electrons. The summed E-state index contributed by atoms with van der Waals surface area (Å²) < 4.78 is 91.7. The molecule has 0 spiro atoms. The maximum Gasteiger partial charge on any atom is 0.301 e. The summed E-state index contributed by atoms with van der Waals surface area (Å²) in [5, 5.41) is 2.85. The van der Waals surface area contributed by atoms with Crippen molar-refractivity contribution in [3.8, 4) is 0 Å². The van der Waals surface area contributed by atoms with Crippen molar-refractivity contribution in [3.63, 3.8) is 0 Å². The Morgan fingerprint density at radius 3 is 1.76 bits per heavy atom. The molecule has 1 fully saturated rings. The maximum atomic E-state index is 13.4. The Hall–Kier alpha value is -1.46. The van der Waals surface area contributed by atoms with Crippen LogP contribution in [0.15, 0.2) is 0 Å². The summed E-state index contributed by atoms with van der Waals surface area (Å²) in [4.78, 5) is 0. The molecule has 21 heavy (non-hydrogen) atoms. The number of nitrogens with one attached hydrogen (secondary N) is 2. The normalized spacial score (nSPS) is 17.0. The minimum absolute atomic E-state index is 0.00469. The number of anilines is 1. The van der Waals surface area contributed by atoms with Crippen LogP contribution in [-0.4, -0.2) is 38.9 Å². The molecule has 1 aromatic rings. The van der Waals surface area contributed by atoms with E-state index in [-0.39, 0.29) is 13.1 Å². The Balaban J connectivity index is 2.39. The smallest absolute Gasteiger partial charge is 0.301 e. The molecule has 0 saturated carbocycles. The van der Waals surface area contributed by atoms with Gasteiger partial charge in [0.05, 0.1) is 0 Å². The first-order valence-corrected chi connectivity index (χ1v) is 7.19. The Morgan fingerprint density at radius 1 is 0.857 bits per heavy atom. The van der Waals surface area contributed by atoms with E-state index in [1.807, 2.05) is 0 Å². The fraction of sp³-hybridized carbons (Fsp3) is 0.400. The Labute approximate surface area is 116 Å². The zero-order valence-electron chi connectivity index (χ0n) is 10.4. The van der Waals surface area contributed by atoms with E-state index in [1.165, 1.54) is 4.72 Å². The first-order chi connectivity index (χ1) is 9.75. The van der Waals surface area contributed by atoms with Crippen molar-refractivity contribution < 1.29 is 30.4 Å². The molecular weight excluding hydrogens is 321 g/mol. The zero-order chi connectivity index (χ0) is 15.8. The number of piperazine rings is 1. The number of hydrogen-bond donors (Lipinski definition) is 2. The minimum atomic E-state index is -4.42. The van der Waals surface area contributed by atoms with Crippen molar-refractivity contribution in [3.05, 3.63) is 29.1 Å². The van der Waals surface area contributed by atoms with Gasteiger partial charge in [-0.25, -0.2) is 22.0 Å². The van der Waals surface area contributed by atoms with Crippen LogP contribution in [0.1, 0.15) is 0 Å². The van der Waals surface area contributed by atoms with Gasteiger partial charge in [0.1, 0.15) is 5.69 Å². The highest BCUT2D eigenvalue weighted by Crippen LogP contribution is 2.28. The van der Waals surface area contributed by atoms with Crippen LogP contribution in [0.2, 0.25) is 0 Å². The van der Waals surface area contributed by atoms with Gasteiger partial charge < -0.3 is 5.32 Å². The summed E-state index contributed by atoms with van der Waals surface area (Å²) in [5.74, 6) is -11.2. The van der Waals surface area contributed by atoms with Crippen LogP contribution in [0, 0.1) is 29.1 Å². The molecule has 0 aliphatic carbocycles. The molecule has 5 nitrogen and oxygen atoms in total. The van der Waals surface area contributed by atoms with Gasteiger partial charge in [-0.1, -0.05) is 0 Å². The second-order valence-corrected chi connectivity index (χ2v) is 5.87. The van der Waals surface area contributed by atoms with E-state index in [9.17, 15) is 30.4 Å². The Bertz CT molecular complexity index is 632. The summed E-state index contributed by atoms with van der Waals surface area (Å²) in [6, 6.07) is 0. The molecule has 1 aliphatic heterocycles. The number of rotatable bonds is 3.